The molecule has 0 spiro atoms. The zero-order valence-corrected chi connectivity index (χ0v) is 7.87. The summed E-state index contributed by atoms with van der Waals surface area (Å²) in [4.78, 5) is 4.25. The van der Waals surface area contributed by atoms with E-state index in [1.165, 1.54) is 19.3 Å². The SMILES string of the molecule is c1ccc(CNCCC2CC2)nc1. The first-order valence-corrected chi connectivity index (χ1v) is 5.06. The largest absolute Gasteiger partial charge is 0.311 e. The molecule has 1 N–H and O–H groups in total. The van der Waals surface area contributed by atoms with Crippen molar-refractivity contribution in [3.63, 3.8) is 0 Å². The van der Waals surface area contributed by atoms with Crippen molar-refractivity contribution < 1.29 is 0 Å². The first-order chi connectivity index (χ1) is 6.45. The van der Waals surface area contributed by atoms with E-state index in [-0.39, 0.29) is 0 Å². The molecule has 2 rings (SSSR count). The first kappa shape index (κ1) is 8.70. The Kier molecular flexibility index (Phi) is 2.93. The molecule has 70 valence electrons. The molecule has 2 heteroatoms. The predicted octanol–water partition coefficient (Wildman–Crippen LogP) is 1.97. The summed E-state index contributed by atoms with van der Waals surface area (Å²) in [7, 11) is 0. The van der Waals surface area contributed by atoms with E-state index in [1.54, 1.807) is 0 Å². The van der Waals surface area contributed by atoms with Gasteiger partial charge >= 0.3 is 0 Å². The van der Waals surface area contributed by atoms with Gasteiger partial charge in [0, 0.05) is 12.7 Å². The van der Waals surface area contributed by atoms with E-state index in [9.17, 15) is 0 Å². The maximum absolute atomic E-state index is 4.25. The summed E-state index contributed by atoms with van der Waals surface area (Å²) >= 11 is 0. The van der Waals surface area contributed by atoms with Crippen LogP contribution in [0.15, 0.2) is 24.4 Å². The highest BCUT2D eigenvalue weighted by Crippen LogP contribution is 2.31. The van der Waals surface area contributed by atoms with E-state index in [0.29, 0.717) is 0 Å². The van der Waals surface area contributed by atoms with E-state index in [0.717, 1.165) is 24.7 Å². The number of rotatable bonds is 5. The molecule has 0 unspecified atom stereocenters. The smallest absolute Gasteiger partial charge is 0.0541 e. The van der Waals surface area contributed by atoms with Gasteiger partial charge in [0.05, 0.1) is 5.69 Å². The number of nitrogens with one attached hydrogen (secondary N) is 1. The van der Waals surface area contributed by atoms with Crippen LogP contribution in [0.4, 0.5) is 0 Å². The van der Waals surface area contributed by atoms with Gasteiger partial charge in [-0.3, -0.25) is 4.98 Å². The highest BCUT2D eigenvalue weighted by atomic mass is 14.9. The lowest BCUT2D eigenvalue weighted by Gasteiger charge is -2.02. The van der Waals surface area contributed by atoms with Crippen LogP contribution in [-0.4, -0.2) is 11.5 Å². The average molecular weight is 176 g/mol. The summed E-state index contributed by atoms with van der Waals surface area (Å²) in [5.41, 5.74) is 1.14. The fourth-order valence-electron chi connectivity index (χ4n) is 1.43. The molecule has 0 bridgehead atoms. The topological polar surface area (TPSA) is 24.9 Å². The van der Waals surface area contributed by atoms with Gasteiger partial charge in [-0.05, 0) is 31.0 Å². The molecule has 0 saturated heterocycles. The van der Waals surface area contributed by atoms with E-state index in [2.05, 4.69) is 16.4 Å². The molecule has 1 saturated carbocycles. The molecular formula is C11H16N2. The lowest BCUT2D eigenvalue weighted by atomic mass is 10.3. The van der Waals surface area contributed by atoms with Crippen molar-refractivity contribution in [1.29, 1.82) is 0 Å². The maximum Gasteiger partial charge on any atom is 0.0541 e. The summed E-state index contributed by atoms with van der Waals surface area (Å²) < 4.78 is 0. The number of aromatic nitrogens is 1. The Labute approximate surface area is 79.4 Å². The van der Waals surface area contributed by atoms with Gasteiger partial charge in [0.1, 0.15) is 0 Å². The average Bonchev–Trinajstić information content (AvgIpc) is 2.98. The van der Waals surface area contributed by atoms with Crippen molar-refractivity contribution >= 4 is 0 Å². The summed E-state index contributed by atoms with van der Waals surface area (Å²) in [6.07, 6.45) is 6.08. The fourth-order valence-corrected chi connectivity index (χ4v) is 1.43. The number of hydrogen-bond donors (Lipinski definition) is 1. The van der Waals surface area contributed by atoms with Crippen LogP contribution in [0, 0.1) is 5.92 Å². The molecular weight excluding hydrogens is 160 g/mol. The lowest BCUT2D eigenvalue weighted by Crippen LogP contribution is -2.15. The normalized spacial score (nSPS) is 16.0. The number of hydrogen-bond acceptors (Lipinski definition) is 2. The van der Waals surface area contributed by atoms with Crippen LogP contribution >= 0.6 is 0 Å². The van der Waals surface area contributed by atoms with E-state index < -0.39 is 0 Å². The van der Waals surface area contributed by atoms with Crippen LogP contribution in [0.1, 0.15) is 25.0 Å². The second-order valence-corrected chi connectivity index (χ2v) is 3.73. The third-order valence-corrected chi connectivity index (χ3v) is 2.46. The van der Waals surface area contributed by atoms with Crippen molar-refractivity contribution in [3.8, 4) is 0 Å². The third-order valence-electron chi connectivity index (χ3n) is 2.46. The van der Waals surface area contributed by atoms with E-state index in [4.69, 9.17) is 0 Å². The van der Waals surface area contributed by atoms with Gasteiger partial charge in [0.2, 0.25) is 0 Å². The van der Waals surface area contributed by atoms with Crippen molar-refractivity contribution in [2.24, 2.45) is 5.92 Å². The van der Waals surface area contributed by atoms with Gasteiger partial charge < -0.3 is 5.32 Å². The molecule has 0 amide bonds. The summed E-state index contributed by atoms with van der Waals surface area (Å²) in [5.74, 6) is 1.02. The minimum Gasteiger partial charge on any atom is -0.311 e. The molecule has 0 radical (unpaired) electrons. The van der Waals surface area contributed by atoms with Gasteiger partial charge in [-0.15, -0.1) is 0 Å². The van der Waals surface area contributed by atoms with Crippen molar-refractivity contribution in [1.82, 2.24) is 10.3 Å². The lowest BCUT2D eigenvalue weighted by molar-refractivity contribution is 0.607. The summed E-state index contributed by atoms with van der Waals surface area (Å²) in [5, 5.41) is 3.41. The highest BCUT2D eigenvalue weighted by molar-refractivity contribution is 5.02. The van der Waals surface area contributed by atoms with Gasteiger partial charge in [0.25, 0.3) is 0 Å². The van der Waals surface area contributed by atoms with Crippen LogP contribution < -0.4 is 5.32 Å². The minimum absolute atomic E-state index is 0.910. The zero-order valence-electron chi connectivity index (χ0n) is 7.87. The Morgan fingerprint density at radius 3 is 3.00 bits per heavy atom. The molecule has 0 aliphatic heterocycles. The minimum atomic E-state index is 0.910. The highest BCUT2D eigenvalue weighted by Gasteiger charge is 2.19. The van der Waals surface area contributed by atoms with Crippen LogP contribution in [0.3, 0.4) is 0 Å². The van der Waals surface area contributed by atoms with E-state index >= 15 is 0 Å². The second-order valence-electron chi connectivity index (χ2n) is 3.73. The number of nitrogens with zero attached hydrogens (tertiary/aromatic N) is 1. The monoisotopic (exact) mass is 176 g/mol. The molecule has 13 heavy (non-hydrogen) atoms. The van der Waals surface area contributed by atoms with Gasteiger partial charge in [0.15, 0.2) is 0 Å². The summed E-state index contributed by atoms with van der Waals surface area (Å²) in [6, 6.07) is 6.04. The van der Waals surface area contributed by atoms with Crippen LogP contribution in [0.2, 0.25) is 0 Å². The number of pyridine rings is 1. The third kappa shape index (κ3) is 3.15. The zero-order chi connectivity index (χ0) is 8.93. The standard InChI is InChI=1S/C11H16N2/c1-2-7-13-11(3-1)9-12-8-6-10-4-5-10/h1-3,7,10,12H,4-6,8-9H2. The van der Waals surface area contributed by atoms with Gasteiger partial charge in [-0.25, -0.2) is 0 Å². The first-order valence-electron chi connectivity index (χ1n) is 5.06. The van der Waals surface area contributed by atoms with Crippen LogP contribution in [0.25, 0.3) is 0 Å². The Hall–Kier alpha value is -0.890. The molecule has 1 heterocycles. The van der Waals surface area contributed by atoms with Crippen molar-refractivity contribution in [2.45, 2.75) is 25.8 Å². The van der Waals surface area contributed by atoms with Crippen molar-refractivity contribution in [3.05, 3.63) is 30.1 Å². The molecule has 1 aromatic rings. The predicted molar refractivity (Wildman–Crippen MR) is 53.3 cm³/mol. The van der Waals surface area contributed by atoms with Crippen LogP contribution in [-0.2, 0) is 6.54 Å². The Bertz CT molecular complexity index is 242. The Morgan fingerprint density at radius 2 is 2.31 bits per heavy atom. The van der Waals surface area contributed by atoms with Gasteiger partial charge in [-0.2, -0.15) is 0 Å². The molecule has 0 aromatic carbocycles. The molecule has 1 fully saturated rings. The Balaban J connectivity index is 1.61. The maximum atomic E-state index is 4.25. The molecule has 1 aliphatic carbocycles. The quantitative estimate of drug-likeness (QED) is 0.694. The molecule has 1 aromatic heterocycles. The van der Waals surface area contributed by atoms with Crippen molar-refractivity contribution in [2.75, 3.05) is 6.54 Å². The van der Waals surface area contributed by atoms with E-state index in [1.807, 2.05) is 18.3 Å². The molecule has 0 atom stereocenters. The van der Waals surface area contributed by atoms with Crippen LogP contribution in [0.5, 0.6) is 0 Å². The fraction of sp³-hybridized carbons (Fsp3) is 0.545. The second kappa shape index (κ2) is 4.38. The van der Waals surface area contributed by atoms with Gasteiger partial charge in [-0.1, -0.05) is 18.9 Å². The molecule has 1 aliphatic rings. The Morgan fingerprint density at radius 1 is 1.38 bits per heavy atom. The summed E-state index contributed by atoms with van der Waals surface area (Å²) in [6.45, 7) is 2.05. The molecule has 2 nitrogen and oxygen atoms in total.